The van der Waals surface area contributed by atoms with Gasteiger partial charge in [-0.3, -0.25) is 14.8 Å². The van der Waals surface area contributed by atoms with Crippen LogP contribution in [-0.2, 0) is 11.9 Å². The van der Waals surface area contributed by atoms with E-state index in [4.69, 9.17) is 0 Å². The molecular formula is C11H17N5O3. The van der Waals surface area contributed by atoms with Gasteiger partial charge in [0.25, 0.3) is 0 Å². The van der Waals surface area contributed by atoms with Crippen LogP contribution < -0.4 is 0 Å². The number of aryl methyl sites for hydroxylation is 2. The zero-order chi connectivity index (χ0) is 14.6. The maximum absolute atomic E-state index is 11.2. The highest BCUT2D eigenvalue weighted by atomic mass is 16.6. The fourth-order valence-corrected chi connectivity index (χ4v) is 1.73. The summed E-state index contributed by atoms with van der Waals surface area (Å²) in [5.74, 6) is 0. The lowest BCUT2D eigenvalue weighted by Crippen LogP contribution is -2.07. The summed E-state index contributed by atoms with van der Waals surface area (Å²) >= 11 is 0. The number of allylic oxidation sites excluding steroid dienone is 1. The molecule has 0 fully saturated rings. The van der Waals surface area contributed by atoms with E-state index in [0.717, 1.165) is 0 Å². The molecule has 1 aromatic heterocycles. The summed E-state index contributed by atoms with van der Waals surface area (Å²) in [7, 11) is 6.69. The molecule has 8 nitrogen and oxygen atoms in total. The quantitative estimate of drug-likeness (QED) is 0.454. The SMILES string of the molecule is CO/N=C/C(=C\N(C)C)c1c([N+](=O)[O-])c(C)nn1C. The van der Waals surface area contributed by atoms with E-state index in [-0.39, 0.29) is 5.69 Å². The smallest absolute Gasteiger partial charge is 0.317 e. The molecule has 0 aliphatic rings. The van der Waals surface area contributed by atoms with E-state index in [1.165, 1.54) is 18.0 Å². The van der Waals surface area contributed by atoms with E-state index < -0.39 is 4.92 Å². The van der Waals surface area contributed by atoms with Crippen molar-refractivity contribution >= 4 is 17.5 Å². The van der Waals surface area contributed by atoms with Crippen molar-refractivity contribution in [2.45, 2.75) is 6.92 Å². The molecule has 1 rings (SSSR count). The lowest BCUT2D eigenvalue weighted by Gasteiger charge is -2.08. The van der Waals surface area contributed by atoms with Gasteiger partial charge in [-0.05, 0) is 6.92 Å². The van der Waals surface area contributed by atoms with E-state index in [2.05, 4.69) is 15.1 Å². The zero-order valence-electron chi connectivity index (χ0n) is 11.6. The Kier molecular flexibility index (Phi) is 4.62. The molecule has 0 saturated heterocycles. The minimum absolute atomic E-state index is 0.0295. The third-order valence-corrected chi connectivity index (χ3v) is 2.34. The molecule has 0 amide bonds. The number of oxime groups is 1. The van der Waals surface area contributed by atoms with Crippen LogP contribution in [-0.4, -0.2) is 47.0 Å². The van der Waals surface area contributed by atoms with Crippen molar-refractivity contribution in [3.8, 4) is 0 Å². The van der Waals surface area contributed by atoms with Crippen LogP contribution in [0.1, 0.15) is 11.4 Å². The van der Waals surface area contributed by atoms with Crippen molar-refractivity contribution in [1.29, 1.82) is 0 Å². The Labute approximate surface area is 111 Å². The van der Waals surface area contributed by atoms with Gasteiger partial charge in [0.05, 0.1) is 11.1 Å². The minimum atomic E-state index is -0.443. The van der Waals surface area contributed by atoms with Gasteiger partial charge < -0.3 is 9.74 Å². The molecule has 0 atom stereocenters. The van der Waals surface area contributed by atoms with Crippen LogP contribution in [0.2, 0.25) is 0 Å². The van der Waals surface area contributed by atoms with Crippen LogP contribution in [0.4, 0.5) is 5.69 Å². The summed E-state index contributed by atoms with van der Waals surface area (Å²) in [6.45, 7) is 1.60. The summed E-state index contributed by atoms with van der Waals surface area (Å²) in [5, 5.41) is 18.9. The highest BCUT2D eigenvalue weighted by Crippen LogP contribution is 2.28. The van der Waals surface area contributed by atoms with Crippen molar-refractivity contribution in [3.05, 3.63) is 27.7 Å². The molecule has 0 spiro atoms. The van der Waals surface area contributed by atoms with Gasteiger partial charge in [0, 0.05) is 32.9 Å². The van der Waals surface area contributed by atoms with Crippen LogP contribution in [0.25, 0.3) is 5.57 Å². The number of rotatable bonds is 5. The molecule has 19 heavy (non-hydrogen) atoms. The molecule has 1 aromatic rings. The summed E-state index contributed by atoms with van der Waals surface area (Å²) in [4.78, 5) is 17.1. The fraction of sp³-hybridized carbons (Fsp3) is 0.455. The Morgan fingerprint density at radius 3 is 2.68 bits per heavy atom. The van der Waals surface area contributed by atoms with E-state index in [1.54, 1.807) is 25.1 Å². The first-order valence-corrected chi connectivity index (χ1v) is 5.51. The topological polar surface area (TPSA) is 85.8 Å². The Morgan fingerprint density at radius 1 is 1.58 bits per heavy atom. The van der Waals surface area contributed by atoms with Gasteiger partial charge in [-0.1, -0.05) is 5.16 Å². The molecule has 0 aromatic carbocycles. The third kappa shape index (κ3) is 3.30. The van der Waals surface area contributed by atoms with Gasteiger partial charge in [-0.25, -0.2) is 0 Å². The molecule has 0 N–H and O–H groups in total. The molecule has 0 aliphatic carbocycles. The molecule has 104 valence electrons. The van der Waals surface area contributed by atoms with Gasteiger partial charge in [0.1, 0.15) is 18.5 Å². The predicted octanol–water partition coefficient (Wildman–Crippen LogP) is 1.17. The third-order valence-electron chi connectivity index (χ3n) is 2.34. The van der Waals surface area contributed by atoms with Gasteiger partial charge in [0.15, 0.2) is 0 Å². The number of hydrogen-bond acceptors (Lipinski definition) is 6. The second-order valence-corrected chi connectivity index (χ2v) is 4.13. The van der Waals surface area contributed by atoms with Gasteiger partial charge >= 0.3 is 5.69 Å². The standard InChI is InChI=1S/C11H17N5O3/c1-8-10(16(17)18)11(15(4)13-8)9(6-12-19-5)7-14(2)3/h6-7H,1-5H3/b9-7+,12-6+. The molecular weight excluding hydrogens is 250 g/mol. The first kappa shape index (κ1) is 14.7. The van der Waals surface area contributed by atoms with Crippen molar-refractivity contribution in [1.82, 2.24) is 14.7 Å². The number of hydrogen-bond donors (Lipinski definition) is 0. The molecule has 1 heterocycles. The summed E-state index contributed by atoms with van der Waals surface area (Å²) in [5.41, 5.74) is 1.26. The van der Waals surface area contributed by atoms with Crippen LogP contribution in [0, 0.1) is 17.0 Å². The van der Waals surface area contributed by atoms with E-state index in [0.29, 0.717) is 17.0 Å². The van der Waals surface area contributed by atoms with Crippen molar-refractivity contribution < 1.29 is 9.76 Å². The van der Waals surface area contributed by atoms with Crippen molar-refractivity contribution in [3.63, 3.8) is 0 Å². The van der Waals surface area contributed by atoms with Gasteiger partial charge in [0.2, 0.25) is 0 Å². The predicted molar refractivity (Wildman–Crippen MR) is 71.8 cm³/mol. The van der Waals surface area contributed by atoms with Gasteiger partial charge in [-0.15, -0.1) is 0 Å². The highest BCUT2D eigenvalue weighted by molar-refractivity contribution is 6.10. The van der Waals surface area contributed by atoms with Crippen LogP contribution >= 0.6 is 0 Å². The molecule has 8 heteroatoms. The van der Waals surface area contributed by atoms with Crippen LogP contribution in [0.3, 0.4) is 0 Å². The second-order valence-electron chi connectivity index (χ2n) is 4.13. The largest absolute Gasteiger partial charge is 0.399 e. The molecule has 0 saturated carbocycles. The Morgan fingerprint density at radius 2 is 2.21 bits per heavy atom. The van der Waals surface area contributed by atoms with E-state index in [9.17, 15) is 10.1 Å². The minimum Gasteiger partial charge on any atom is -0.399 e. The average molecular weight is 267 g/mol. The van der Waals surface area contributed by atoms with E-state index >= 15 is 0 Å². The summed E-state index contributed by atoms with van der Waals surface area (Å²) in [6, 6.07) is 0. The lowest BCUT2D eigenvalue weighted by molar-refractivity contribution is -0.385. The highest BCUT2D eigenvalue weighted by Gasteiger charge is 2.26. The normalized spacial score (nSPS) is 11.9. The average Bonchev–Trinajstić information content (AvgIpc) is 2.59. The maximum atomic E-state index is 11.2. The number of aromatic nitrogens is 2. The number of nitro groups is 1. The summed E-state index contributed by atoms with van der Waals surface area (Å²) in [6.07, 6.45) is 3.13. The molecule has 0 bridgehead atoms. The second kappa shape index (κ2) is 5.98. The Bertz CT molecular complexity index is 531. The first-order valence-electron chi connectivity index (χ1n) is 5.51. The van der Waals surface area contributed by atoms with E-state index in [1.807, 2.05) is 14.1 Å². The monoisotopic (exact) mass is 267 g/mol. The number of nitrogens with zero attached hydrogens (tertiary/aromatic N) is 5. The fourth-order valence-electron chi connectivity index (χ4n) is 1.73. The van der Waals surface area contributed by atoms with Crippen molar-refractivity contribution in [2.75, 3.05) is 21.2 Å². The Balaban J connectivity index is 3.46. The van der Waals surface area contributed by atoms with Crippen LogP contribution in [0.5, 0.6) is 0 Å². The van der Waals surface area contributed by atoms with Crippen molar-refractivity contribution in [2.24, 2.45) is 12.2 Å². The van der Waals surface area contributed by atoms with Gasteiger partial charge in [-0.2, -0.15) is 5.10 Å². The Hall–Kier alpha value is -2.38. The molecule has 0 aliphatic heterocycles. The van der Waals surface area contributed by atoms with Crippen LogP contribution in [0.15, 0.2) is 11.4 Å². The maximum Gasteiger partial charge on any atom is 0.317 e. The lowest BCUT2D eigenvalue weighted by atomic mass is 10.1. The molecule has 0 radical (unpaired) electrons. The summed E-state index contributed by atoms with van der Waals surface area (Å²) < 4.78 is 1.46. The first-order chi connectivity index (χ1) is 8.88. The molecule has 0 unspecified atom stereocenters. The zero-order valence-corrected chi connectivity index (χ0v) is 11.6.